The van der Waals surface area contributed by atoms with Gasteiger partial charge in [0.1, 0.15) is 5.75 Å². The van der Waals surface area contributed by atoms with Crippen molar-refractivity contribution in [3.8, 4) is 11.4 Å². The van der Waals surface area contributed by atoms with Gasteiger partial charge < -0.3 is 10.1 Å². The Morgan fingerprint density at radius 1 is 1.25 bits per heavy atom. The van der Waals surface area contributed by atoms with Gasteiger partial charge in [-0.15, -0.1) is 0 Å². The first-order valence-corrected chi connectivity index (χ1v) is 9.01. The second-order valence-corrected chi connectivity index (χ2v) is 6.36. The van der Waals surface area contributed by atoms with Crippen LogP contribution >= 0.6 is 11.6 Å². The number of para-hydroxylation sites is 1. The van der Waals surface area contributed by atoms with Crippen LogP contribution in [-0.4, -0.2) is 22.3 Å². The summed E-state index contributed by atoms with van der Waals surface area (Å²) in [6.07, 6.45) is 2.05. The summed E-state index contributed by atoms with van der Waals surface area (Å²) in [4.78, 5) is 12.7. The van der Waals surface area contributed by atoms with Gasteiger partial charge in [0.05, 0.1) is 23.1 Å². The maximum atomic E-state index is 12.7. The Morgan fingerprint density at radius 2 is 2.04 bits per heavy atom. The molecule has 0 aliphatic rings. The third kappa shape index (κ3) is 4.48. The van der Waals surface area contributed by atoms with Crippen molar-refractivity contribution in [3.05, 3.63) is 76.6 Å². The highest BCUT2D eigenvalue weighted by atomic mass is 35.5. The molecule has 0 fully saturated rings. The molecule has 0 aliphatic carbocycles. The van der Waals surface area contributed by atoms with Crippen molar-refractivity contribution >= 4 is 17.5 Å². The van der Waals surface area contributed by atoms with Crippen LogP contribution in [0.15, 0.2) is 54.7 Å². The topological polar surface area (TPSA) is 56.1 Å². The zero-order valence-electron chi connectivity index (χ0n) is 15.0. The number of amides is 1. The summed E-state index contributed by atoms with van der Waals surface area (Å²) in [5.41, 5.74) is 2.34. The standard InChI is InChI=1S/C20H18ClF2N3O2/c1-2-17-16(12-25-26(17)15-8-5-7-14(21)10-15)19(27)24-11-13-6-3-4-9-18(13)28-20(22)23/h3-10,12,20H,2,11H2,1H3,(H,24,27). The van der Waals surface area contributed by atoms with E-state index in [9.17, 15) is 13.6 Å². The van der Waals surface area contributed by atoms with E-state index in [1.165, 1.54) is 12.3 Å². The second kappa shape index (κ2) is 8.84. The molecule has 1 aromatic heterocycles. The molecule has 0 saturated carbocycles. The van der Waals surface area contributed by atoms with Gasteiger partial charge in [0, 0.05) is 17.1 Å². The number of benzene rings is 2. The van der Waals surface area contributed by atoms with E-state index in [4.69, 9.17) is 11.6 Å². The molecule has 3 aromatic rings. The highest BCUT2D eigenvalue weighted by molar-refractivity contribution is 6.30. The Bertz CT molecular complexity index is 976. The zero-order chi connectivity index (χ0) is 20.1. The van der Waals surface area contributed by atoms with E-state index in [-0.39, 0.29) is 18.2 Å². The van der Waals surface area contributed by atoms with Crippen molar-refractivity contribution in [2.45, 2.75) is 26.5 Å². The smallest absolute Gasteiger partial charge is 0.387 e. The lowest BCUT2D eigenvalue weighted by atomic mass is 10.1. The number of ether oxygens (including phenoxy) is 1. The first-order valence-electron chi connectivity index (χ1n) is 8.63. The molecular formula is C20H18ClF2N3O2. The van der Waals surface area contributed by atoms with Crippen LogP contribution in [0, 0.1) is 0 Å². The monoisotopic (exact) mass is 405 g/mol. The maximum absolute atomic E-state index is 12.7. The van der Waals surface area contributed by atoms with Gasteiger partial charge >= 0.3 is 6.61 Å². The Hall–Kier alpha value is -2.93. The molecule has 1 N–H and O–H groups in total. The fourth-order valence-corrected chi connectivity index (χ4v) is 3.05. The summed E-state index contributed by atoms with van der Waals surface area (Å²) < 4.78 is 31.2. The van der Waals surface area contributed by atoms with Crippen molar-refractivity contribution in [1.29, 1.82) is 0 Å². The minimum atomic E-state index is -2.93. The van der Waals surface area contributed by atoms with Gasteiger partial charge in [-0.3, -0.25) is 4.79 Å². The molecule has 8 heteroatoms. The van der Waals surface area contributed by atoms with Gasteiger partial charge in [-0.1, -0.05) is 42.8 Å². The number of hydrogen-bond acceptors (Lipinski definition) is 3. The lowest BCUT2D eigenvalue weighted by molar-refractivity contribution is -0.0504. The van der Waals surface area contributed by atoms with E-state index in [1.54, 1.807) is 41.1 Å². The van der Waals surface area contributed by atoms with Crippen molar-refractivity contribution in [3.63, 3.8) is 0 Å². The van der Waals surface area contributed by atoms with Gasteiger partial charge in [0.25, 0.3) is 5.91 Å². The van der Waals surface area contributed by atoms with Crippen LogP contribution in [0.3, 0.4) is 0 Å². The molecule has 1 heterocycles. The quantitative estimate of drug-likeness (QED) is 0.624. The fourth-order valence-electron chi connectivity index (χ4n) is 2.87. The number of carbonyl (C=O) groups excluding carboxylic acids is 1. The molecule has 5 nitrogen and oxygen atoms in total. The average molecular weight is 406 g/mol. The first kappa shape index (κ1) is 19.8. The number of nitrogens with one attached hydrogen (secondary N) is 1. The van der Waals surface area contributed by atoms with E-state index in [0.717, 1.165) is 11.4 Å². The van der Waals surface area contributed by atoms with Crippen LogP contribution in [0.25, 0.3) is 5.69 Å². The molecule has 146 valence electrons. The van der Waals surface area contributed by atoms with E-state index in [1.807, 2.05) is 13.0 Å². The zero-order valence-corrected chi connectivity index (χ0v) is 15.8. The number of carbonyl (C=O) groups is 1. The van der Waals surface area contributed by atoms with E-state index >= 15 is 0 Å². The summed E-state index contributed by atoms with van der Waals surface area (Å²) in [7, 11) is 0. The Labute approximate surface area is 165 Å². The van der Waals surface area contributed by atoms with Crippen LogP contribution < -0.4 is 10.1 Å². The number of rotatable bonds is 7. The summed E-state index contributed by atoms with van der Waals surface area (Å²) in [5, 5.41) is 7.61. The second-order valence-electron chi connectivity index (χ2n) is 5.92. The third-order valence-electron chi connectivity index (χ3n) is 4.13. The van der Waals surface area contributed by atoms with Gasteiger partial charge in [-0.05, 0) is 30.7 Å². The summed E-state index contributed by atoms with van der Waals surface area (Å²) in [6.45, 7) is -0.965. The predicted octanol–water partition coefficient (Wildman–Crippen LogP) is 4.62. The average Bonchev–Trinajstić information content (AvgIpc) is 3.11. The van der Waals surface area contributed by atoms with Crippen LogP contribution in [0.2, 0.25) is 5.02 Å². The molecule has 3 rings (SSSR count). The number of aromatic nitrogens is 2. The van der Waals surface area contributed by atoms with Crippen molar-refractivity contribution in [2.75, 3.05) is 0 Å². The molecule has 0 radical (unpaired) electrons. The number of halogens is 3. The van der Waals surface area contributed by atoms with E-state index < -0.39 is 6.61 Å². The van der Waals surface area contributed by atoms with Crippen LogP contribution in [-0.2, 0) is 13.0 Å². The molecule has 0 unspecified atom stereocenters. The number of hydrogen-bond donors (Lipinski definition) is 1. The van der Waals surface area contributed by atoms with Gasteiger partial charge in [0.2, 0.25) is 0 Å². The van der Waals surface area contributed by atoms with Crippen molar-refractivity contribution < 1.29 is 18.3 Å². The number of nitrogens with zero attached hydrogens (tertiary/aromatic N) is 2. The molecule has 0 atom stereocenters. The molecular weight excluding hydrogens is 388 g/mol. The molecule has 2 aromatic carbocycles. The van der Waals surface area contributed by atoms with Crippen LogP contribution in [0.5, 0.6) is 5.75 Å². The normalized spacial score (nSPS) is 10.9. The molecule has 0 spiro atoms. The molecule has 0 saturated heterocycles. The summed E-state index contributed by atoms with van der Waals surface area (Å²) >= 11 is 6.04. The summed E-state index contributed by atoms with van der Waals surface area (Å²) in [5.74, 6) is -0.319. The first-order chi connectivity index (χ1) is 13.5. The third-order valence-corrected chi connectivity index (χ3v) is 4.36. The van der Waals surface area contributed by atoms with Crippen LogP contribution in [0.4, 0.5) is 8.78 Å². The highest BCUT2D eigenvalue weighted by Gasteiger charge is 2.18. The fraction of sp³-hybridized carbons (Fsp3) is 0.200. The largest absolute Gasteiger partial charge is 0.434 e. The molecule has 1 amide bonds. The van der Waals surface area contributed by atoms with Crippen molar-refractivity contribution in [2.24, 2.45) is 0 Å². The van der Waals surface area contributed by atoms with Crippen LogP contribution in [0.1, 0.15) is 28.5 Å². The van der Waals surface area contributed by atoms with E-state index in [0.29, 0.717) is 22.6 Å². The van der Waals surface area contributed by atoms with Gasteiger partial charge in [-0.2, -0.15) is 13.9 Å². The molecule has 0 bridgehead atoms. The van der Waals surface area contributed by atoms with Gasteiger partial charge in [0.15, 0.2) is 0 Å². The Kier molecular flexibility index (Phi) is 6.26. The SMILES string of the molecule is CCc1c(C(=O)NCc2ccccc2OC(F)F)cnn1-c1cccc(Cl)c1. The highest BCUT2D eigenvalue weighted by Crippen LogP contribution is 2.21. The molecule has 28 heavy (non-hydrogen) atoms. The summed E-state index contributed by atoms with van der Waals surface area (Å²) in [6, 6.07) is 13.5. The number of alkyl halides is 2. The van der Waals surface area contributed by atoms with Crippen molar-refractivity contribution in [1.82, 2.24) is 15.1 Å². The maximum Gasteiger partial charge on any atom is 0.387 e. The Balaban J connectivity index is 1.79. The molecule has 0 aliphatic heterocycles. The minimum Gasteiger partial charge on any atom is -0.434 e. The Morgan fingerprint density at radius 3 is 2.75 bits per heavy atom. The minimum absolute atomic E-state index is 0.0307. The van der Waals surface area contributed by atoms with Gasteiger partial charge in [-0.25, -0.2) is 4.68 Å². The predicted molar refractivity (Wildman–Crippen MR) is 102 cm³/mol. The van der Waals surface area contributed by atoms with E-state index in [2.05, 4.69) is 15.2 Å². The lowest BCUT2D eigenvalue weighted by Gasteiger charge is -2.12. The lowest BCUT2D eigenvalue weighted by Crippen LogP contribution is -2.24.